The molecule has 29 heavy (non-hydrogen) atoms. The van der Waals surface area contributed by atoms with Gasteiger partial charge < -0.3 is 20.6 Å². The molecule has 2 aliphatic rings. The molecule has 0 aromatic rings. The van der Waals surface area contributed by atoms with Crippen molar-refractivity contribution in [3.8, 4) is 0 Å². The van der Waals surface area contributed by atoms with E-state index < -0.39 is 5.97 Å². The van der Waals surface area contributed by atoms with Crippen LogP contribution in [0.1, 0.15) is 38.5 Å². The lowest BCUT2D eigenvalue weighted by Crippen LogP contribution is -2.50. The number of carboxylic acid groups (broad SMARTS) is 1. The number of amides is 2. The topological polar surface area (TPSA) is 105 Å². The maximum absolute atomic E-state index is 12.3. The highest BCUT2D eigenvalue weighted by Crippen LogP contribution is 2.18. The number of rotatable bonds is 12. The van der Waals surface area contributed by atoms with Crippen molar-refractivity contribution in [2.45, 2.75) is 44.6 Å². The van der Waals surface area contributed by atoms with Gasteiger partial charge >= 0.3 is 5.97 Å². The standard InChI is InChI=1S/C20H37N5O4/c1-23-11-13-24(14-12-23)15-17-5-4-10-25(17)16-19(27)22-8-2-6-18(26)21-9-3-7-20(28)29/h17H,2-16H2,1H3,(H,21,26)(H,22,27)(H,28,29)/i2+1,6+1,7+1,8+1,11+1,13+1,18+1,19+1,20+1,24+1,25+1. The Morgan fingerprint density at radius 2 is 1.59 bits per heavy atom. The first-order valence-electron chi connectivity index (χ1n) is 10.8. The van der Waals surface area contributed by atoms with Crippen LogP contribution in [0.2, 0.25) is 0 Å². The van der Waals surface area contributed by atoms with Gasteiger partial charge in [0, 0.05) is 64.7 Å². The highest BCUT2D eigenvalue weighted by molar-refractivity contribution is 5.78. The first-order chi connectivity index (χ1) is 13.9. The van der Waals surface area contributed by atoms with Gasteiger partial charge in [0.15, 0.2) is 0 Å². The Bertz CT molecular complexity index is 537. The zero-order valence-electron chi connectivity index (χ0n) is 17.7. The van der Waals surface area contributed by atoms with E-state index in [0.717, 1.165) is 52.1 Å². The lowest BCUT2D eigenvalue weighted by atomic mass is 10.2. The van der Waals surface area contributed by atoms with Crippen molar-refractivity contribution in [3.05, 3.63) is 0 Å². The Morgan fingerprint density at radius 1 is 0.931 bits per heavy atom. The summed E-state index contributed by atoms with van der Waals surface area (Å²) in [5, 5.41) is 14.2. The van der Waals surface area contributed by atoms with Crippen LogP contribution in [-0.2, 0) is 14.4 Å². The Balaban J connectivity index is 1.55. The Morgan fingerprint density at radius 3 is 2.28 bits per heavy atom. The number of hydrogen-bond donors (Lipinski definition) is 3. The summed E-state index contributed by atoms with van der Waals surface area (Å²) in [5.74, 6) is -0.931. The second kappa shape index (κ2) is 12.8. The summed E-state index contributed by atoms with van der Waals surface area (Å²) in [6, 6.07) is 0.459. The van der Waals surface area contributed by atoms with Gasteiger partial charge in [-0.25, -0.2) is 0 Å². The van der Waals surface area contributed by atoms with Crippen molar-refractivity contribution in [2.75, 3.05) is 66.0 Å². The molecule has 2 heterocycles. The molecule has 166 valence electrons. The zero-order valence-corrected chi connectivity index (χ0v) is 17.7. The number of nitrogens with one attached hydrogen (secondary N) is 2. The van der Waals surface area contributed by atoms with E-state index in [4.69, 9.17) is 5.11 Å². The first-order valence-corrected chi connectivity index (χ1v) is 10.8. The average molecular weight is 422 g/mol. The number of likely N-dealkylation sites (tertiary alicyclic amines) is 1. The highest BCUT2D eigenvalue weighted by Gasteiger charge is 2.28. The minimum atomic E-state index is -0.856. The minimum Gasteiger partial charge on any atom is -0.481 e. The molecule has 2 saturated heterocycles. The monoisotopic (exact) mass is 422 g/mol. The molecule has 1 unspecified atom stereocenters. The molecule has 0 bridgehead atoms. The van der Waals surface area contributed by atoms with Crippen molar-refractivity contribution in [3.63, 3.8) is 0 Å². The van der Waals surface area contributed by atoms with Crippen molar-refractivity contribution >= 4 is 17.8 Å². The summed E-state index contributed by atoms with van der Waals surface area (Å²) in [4.78, 5) is 41.5. The van der Waals surface area contributed by atoms with Crippen molar-refractivity contribution in [1.82, 2.24) is 25.3 Å². The van der Waals surface area contributed by atoms with E-state index in [0.29, 0.717) is 44.9 Å². The maximum atomic E-state index is 12.3. The second-order valence-corrected chi connectivity index (χ2v) is 8.17. The fourth-order valence-electron chi connectivity index (χ4n) is 3.91. The maximum Gasteiger partial charge on any atom is 0.303 e. The number of likely N-dealkylation sites (N-methyl/N-ethyl adjacent to an activating group) is 1. The molecule has 1 atom stereocenters. The molecular weight excluding hydrogens is 385 g/mol. The van der Waals surface area contributed by atoms with E-state index in [9.17, 15) is 14.4 Å². The number of carbonyl (C=O) groups excluding carboxylic acids is 2. The highest BCUT2D eigenvalue weighted by atomic mass is 16.5. The van der Waals surface area contributed by atoms with Gasteiger partial charge in [0.2, 0.25) is 11.8 Å². The van der Waals surface area contributed by atoms with E-state index >= 15 is 0 Å². The molecular formula is C20H37N5O4. The van der Waals surface area contributed by atoms with Crippen LogP contribution >= 0.6 is 0 Å². The molecule has 0 aromatic carbocycles. The van der Waals surface area contributed by atoms with Crippen LogP contribution in [0.25, 0.3) is 0 Å². The third-order valence-corrected chi connectivity index (χ3v) is 5.70. The van der Waals surface area contributed by atoms with E-state index in [-0.39, 0.29) is 18.2 Å². The SMILES string of the molecule is CN1CC[15N](CC2CCC[15N]2C[13C](=O)N[13CH2][13CH2][13CH2][13C](=O)NCC[13CH2][13C](=O)O)[13CH2][13CH2]1. The van der Waals surface area contributed by atoms with E-state index in [1.54, 1.807) is 0 Å². The summed E-state index contributed by atoms with van der Waals surface area (Å²) in [6.07, 6.45) is 3.71. The van der Waals surface area contributed by atoms with Crippen molar-refractivity contribution in [1.29, 1.82) is 0 Å². The molecule has 2 aliphatic heterocycles. The molecule has 0 radical (unpaired) electrons. The van der Waals surface area contributed by atoms with Crippen LogP contribution in [0.5, 0.6) is 0 Å². The Labute approximate surface area is 173 Å². The third kappa shape index (κ3) is 9.56. The number of hydrogen-bond acceptors (Lipinski definition) is 6. The predicted molar refractivity (Wildman–Crippen MR) is 111 cm³/mol. The third-order valence-electron chi connectivity index (χ3n) is 5.70. The van der Waals surface area contributed by atoms with Gasteiger partial charge in [-0.05, 0) is 39.3 Å². The lowest BCUT2D eigenvalue weighted by Gasteiger charge is -2.36. The Kier molecular flexibility index (Phi) is 10.4. The van der Waals surface area contributed by atoms with Gasteiger partial charge in [-0.2, -0.15) is 0 Å². The van der Waals surface area contributed by atoms with E-state index in [1.165, 1.54) is 0 Å². The van der Waals surface area contributed by atoms with Gasteiger partial charge in [0.1, 0.15) is 0 Å². The summed E-state index contributed by atoms with van der Waals surface area (Å²) in [7, 11) is 2.16. The van der Waals surface area contributed by atoms with E-state index in [2.05, 4.69) is 32.4 Å². The molecule has 9 nitrogen and oxygen atoms in total. The van der Waals surface area contributed by atoms with Gasteiger partial charge in [0.25, 0.3) is 0 Å². The van der Waals surface area contributed by atoms with Gasteiger partial charge in [-0.3, -0.25) is 24.2 Å². The largest absolute Gasteiger partial charge is 0.481 e. The second-order valence-electron chi connectivity index (χ2n) is 8.17. The molecule has 0 aromatic heterocycles. The summed E-state index contributed by atoms with van der Waals surface area (Å²) in [6.45, 7) is 7.74. The molecule has 9 heteroatoms. The zero-order chi connectivity index (χ0) is 21.1. The molecule has 0 saturated carbocycles. The van der Waals surface area contributed by atoms with Gasteiger partial charge in [0.05, 0.1) is 6.54 Å². The van der Waals surface area contributed by atoms with Crippen molar-refractivity contribution < 1.29 is 19.5 Å². The molecule has 0 spiro atoms. The van der Waals surface area contributed by atoms with Crippen LogP contribution < -0.4 is 10.6 Å². The quantitative estimate of drug-likeness (QED) is 0.223. The summed E-state index contributed by atoms with van der Waals surface area (Å²) < 4.78 is 0. The molecule has 2 fully saturated rings. The minimum absolute atomic E-state index is 0.0251. The number of piperazine rings is 1. The van der Waals surface area contributed by atoms with Crippen LogP contribution in [0.15, 0.2) is 0 Å². The molecule has 2 amide bonds. The number of carboxylic acids is 1. The van der Waals surface area contributed by atoms with Crippen LogP contribution in [0.3, 0.4) is 0 Å². The van der Waals surface area contributed by atoms with Crippen LogP contribution in [0.4, 0.5) is 0 Å². The Hall–Kier alpha value is -1.71. The van der Waals surface area contributed by atoms with E-state index in [1.807, 2.05) is 0 Å². The normalized spacial score (nSPS) is 21.2. The predicted octanol–water partition coefficient (Wildman–Crippen LogP) is -0.424. The summed E-state index contributed by atoms with van der Waals surface area (Å²) >= 11 is 0. The number of nitrogens with zero attached hydrogens (tertiary/aromatic N) is 3. The number of carbonyl (C=O) groups is 3. The molecule has 2 rings (SSSR count). The first kappa shape index (κ1) is 23.6. The number of aliphatic carboxylic acids is 1. The lowest BCUT2D eigenvalue weighted by molar-refractivity contribution is -0.137. The molecule has 0 aliphatic carbocycles. The fraction of sp³-hybridized carbons (Fsp3) is 0.850. The van der Waals surface area contributed by atoms with Crippen LogP contribution in [-0.4, -0.2) is 110 Å². The van der Waals surface area contributed by atoms with Crippen molar-refractivity contribution in [2.24, 2.45) is 0 Å². The fourth-order valence-corrected chi connectivity index (χ4v) is 3.91. The molecule has 3 N–H and O–H groups in total. The average Bonchev–Trinajstić information content (AvgIpc) is 3.10. The summed E-state index contributed by atoms with van der Waals surface area (Å²) in [5.41, 5.74) is 0. The smallest absolute Gasteiger partial charge is 0.303 e. The van der Waals surface area contributed by atoms with Crippen LogP contribution in [0, 0.1) is 0 Å². The van der Waals surface area contributed by atoms with Gasteiger partial charge in [-0.15, -0.1) is 0 Å². The van der Waals surface area contributed by atoms with Gasteiger partial charge in [-0.1, -0.05) is 0 Å².